The number of aliphatic hydroxyl groups is 1. The fourth-order valence-corrected chi connectivity index (χ4v) is 5.27. The van der Waals surface area contributed by atoms with Crippen LogP contribution < -0.4 is 0 Å². The molecule has 2 aliphatic rings. The van der Waals surface area contributed by atoms with Gasteiger partial charge in [0, 0.05) is 18.5 Å². The minimum atomic E-state index is -4.98. The number of amides is 1. The fraction of sp³-hybridized carbons (Fsp3) is 0.320. The quantitative estimate of drug-likeness (QED) is 0.359. The molecule has 7 nitrogen and oxygen atoms in total. The highest BCUT2D eigenvalue weighted by atomic mass is 32.2. The maximum Gasteiger partial charge on any atom is 0.416 e. The summed E-state index contributed by atoms with van der Waals surface area (Å²) in [5.74, 6) is -0.417. The minimum Gasteiger partial charge on any atom is -0.394 e. The van der Waals surface area contributed by atoms with Crippen LogP contribution in [0, 0.1) is 0 Å². The first-order chi connectivity index (χ1) is 18.4. The van der Waals surface area contributed by atoms with Crippen LogP contribution in [0.5, 0.6) is 0 Å². The van der Waals surface area contributed by atoms with Crippen molar-refractivity contribution in [3.63, 3.8) is 0 Å². The van der Waals surface area contributed by atoms with Crippen LogP contribution in [0.25, 0.3) is 17.0 Å². The molecule has 1 N–H and O–H groups in total. The SMILES string of the molecule is O=C1N=C(N2CCOC(CO)C2)SC1=Cc1ccc2c(cnn2Cc2ccc(C(F)(F)F)cc2C(F)(F)F)c1. The number of benzene rings is 2. The van der Waals surface area contributed by atoms with Crippen LogP contribution >= 0.6 is 11.8 Å². The lowest BCUT2D eigenvalue weighted by molar-refractivity contribution is -0.143. The van der Waals surface area contributed by atoms with Gasteiger partial charge in [-0.1, -0.05) is 12.1 Å². The number of halogens is 6. The van der Waals surface area contributed by atoms with Gasteiger partial charge in [-0.3, -0.25) is 9.48 Å². The van der Waals surface area contributed by atoms with Crippen molar-refractivity contribution < 1.29 is 41.0 Å². The zero-order valence-corrected chi connectivity index (χ0v) is 20.8. The maximum atomic E-state index is 13.6. The van der Waals surface area contributed by atoms with Gasteiger partial charge >= 0.3 is 12.4 Å². The zero-order valence-electron chi connectivity index (χ0n) is 20.0. The van der Waals surface area contributed by atoms with Gasteiger partial charge in [0.1, 0.15) is 0 Å². The number of amidine groups is 1. The van der Waals surface area contributed by atoms with Gasteiger partial charge in [-0.2, -0.15) is 36.4 Å². The molecular weight excluding hydrogens is 550 g/mol. The summed E-state index contributed by atoms with van der Waals surface area (Å²) in [5, 5.41) is 14.6. The second kappa shape index (κ2) is 10.3. The van der Waals surface area contributed by atoms with E-state index >= 15 is 0 Å². The number of hydrogen-bond donors (Lipinski definition) is 1. The van der Waals surface area contributed by atoms with Crippen LogP contribution in [-0.4, -0.2) is 63.3 Å². The molecule has 3 aromatic rings. The fourth-order valence-electron chi connectivity index (χ4n) is 4.33. The Morgan fingerprint density at radius 3 is 2.62 bits per heavy atom. The molecule has 2 aliphatic heterocycles. The highest BCUT2D eigenvalue weighted by molar-refractivity contribution is 8.18. The van der Waals surface area contributed by atoms with Crippen molar-refractivity contribution >= 4 is 39.8 Å². The van der Waals surface area contributed by atoms with E-state index in [1.165, 1.54) is 22.6 Å². The van der Waals surface area contributed by atoms with Gasteiger partial charge in [0.25, 0.3) is 5.91 Å². The summed E-state index contributed by atoms with van der Waals surface area (Å²) in [4.78, 5) is 18.8. The first kappa shape index (κ1) is 27.2. The Bertz CT molecular complexity index is 1480. The first-order valence-corrected chi connectivity index (χ1v) is 12.5. The molecule has 0 radical (unpaired) electrons. The largest absolute Gasteiger partial charge is 0.416 e. The molecule has 5 rings (SSSR count). The number of carbonyl (C=O) groups is 1. The number of carbonyl (C=O) groups excluding carboxylic acids is 1. The van der Waals surface area contributed by atoms with Crippen LogP contribution in [0.15, 0.2) is 52.5 Å². The van der Waals surface area contributed by atoms with Crippen molar-refractivity contribution in [1.29, 1.82) is 0 Å². The number of ether oxygens (including phenoxy) is 1. The lowest BCUT2D eigenvalue weighted by Crippen LogP contribution is -2.45. The number of alkyl halides is 6. The van der Waals surface area contributed by atoms with Crippen LogP contribution in [0.4, 0.5) is 26.3 Å². The Hall–Kier alpha value is -3.36. The standard InChI is InChI=1S/C25H20F6N4O3S/c26-24(27,28)17-3-2-15(19(9-17)25(29,30)31)11-35-20-4-1-14(7-16(20)10-32-35)8-21-22(37)33-23(39-21)34-5-6-38-18(12-34)13-36/h1-4,7-10,18,36H,5-6,11-13H2. The van der Waals surface area contributed by atoms with E-state index in [2.05, 4.69) is 10.1 Å². The molecule has 0 saturated carbocycles. The number of aromatic nitrogens is 2. The predicted molar refractivity (Wildman–Crippen MR) is 132 cm³/mol. The Balaban J connectivity index is 1.36. The number of rotatable bonds is 4. The summed E-state index contributed by atoms with van der Waals surface area (Å²) in [5.41, 5.74) is -2.00. The van der Waals surface area contributed by atoms with Crippen LogP contribution in [0.3, 0.4) is 0 Å². The lowest BCUT2D eigenvalue weighted by Gasteiger charge is -2.32. The van der Waals surface area contributed by atoms with Crippen molar-refractivity contribution in [2.75, 3.05) is 26.3 Å². The highest BCUT2D eigenvalue weighted by Crippen LogP contribution is 2.38. The van der Waals surface area contributed by atoms with Gasteiger partial charge in [-0.15, -0.1) is 0 Å². The number of nitrogens with zero attached hydrogens (tertiary/aromatic N) is 4. The molecule has 1 saturated heterocycles. The molecule has 39 heavy (non-hydrogen) atoms. The van der Waals surface area contributed by atoms with Gasteiger partial charge in [0.15, 0.2) is 5.17 Å². The molecule has 0 spiro atoms. The number of hydrogen-bond acceptors (Lipinski definition) is 6. The number of thioether (sulfide) groups is 1. The van der Waals surface area contributed by atoms with E-state index in [4.69, 9.17) is 4.74 Å². The van der Waals surface area contributed by atoms with Gasteiger partial charge in [0.05, 0.1) is 53.6 Å². The highest BCUT2D eigenvalue weighted by Gasteiger charge is 2.38. The average Bonchev–Trinajstić information content (AvgIpc) is 3.45. The smallest absolute Gasteiger partial charge is 0.394 e. The van der Waals surface area contributed by atoms with E-state index in [0.717, 1.165) is 6.07 Å². The minimum absolute atomic E-state index is 0.110. The van der Waals surface area contributed by atoms with Gasteiger partial charge in [-0.05, 0) is 53.2 Å². The van der Waals surface area contributed by atoms with E-state index in [9.17, 15) is 36.2 Å². The number of aliphatic imine (C=N–C) groups is 1. The predicted octanol–water partition coefficient (Wildman–Crippen LogP) is 4.79. The molecule has 1 amide bonds. The molecule has 1 atom stereocenters. The Kier molecular flexibility index (Phi) is 7.20. The van der Waals surface area contributed by atoms with E-state index < -0.39 is 35.9 Å². The average molecular weight is 571 g/mol. The van der Waals surface area contributed by atoms with Crippen molar-refractivity contribution in [3.8, 4) is 0 Å². The van der Waals surface area contributed by atoms with E-state index in [1.807, 2.05) is 4.90 Å². The molecular formula is C25H20F6N4O3S. The van der Waals surface area contributed by atoms with Gasteiger partial charge < -0.3 is 14.7 Å². The van der Waals surface area contributed by atoms with Gasteiger partial charge in [0.2, 0.25) is 0 Å². The maximum absolute atomic E-state index is 13.6. The summed E-state index contributed by atoms with van der Waals surface area (Å²) in [6, 6.07) is 6.52. The monoisotopic (exact) mass is 570 g/mol. The molecule has 1 unspecified atom stereocenters. The molecule has 1 fully saturated rings. The summed E-state index contributed by atoms with van der Waals surface area (Å²) in [6.45, 7) is 0.799. The topological polar surface area (TPSA) is 80.0 Å². The molecule has 14 heteroatoms. The third-order valence-electron chi connectivity index (χ3n) is 6.25. The summed E-state index contributed by atoms with van der Waals surface area (Å²) < 4.78 is 86.3. The molecule has 206 valence electrons. The van der Waals surface area contributed by atoms with Crippen molar-refractivity contribution in [3.05, 3.63) is 69.8 Å². The van der Waals surface area contributed by atoms with Crippen LogP contribution in [0.2, 0.25) is 0 Å². The Morgan fingerprint density at radius 2 is 1.90 bits per heavy atom. The van der Waals surface area contributed by atoms with E-state index in [-0.39, 0.29) is 24.3 Å². The first-order valence-electron chi connectivity index (χ1n) is 11.7. The molecule has 0 bridgehead atoms. The molecule has 0 aliphatic carbocycles. The summed E-state index contributed by atoms with van der Waals surface area (Å²) >= 11 is 1.19. The van der Waals surface area contributed by atoms with Crippen LogP contribution in [-0.2, 0) is 28.4 Å². The summed E-state index contributed by atoms with van der Waals surface area (Å²) in [7, 11) is 0. The van der Waals surface area contributed by atoms with E-state index in [1.54, 1.807) is 24.3 Å². The third kappa shape index (κ3) is 5.82. The summed E-state index contributed by atoms with van der Waals surface area (Å²) in [6.07, 6.45) is -7.17. The number of fused-ring (bicyclic) bond motifs is 1. The van der Waals surface area contributed by atoms with Crippen molar-refractivity contribution in [1.82, 2.24) is 14.7 Å². The van der Waals surface area contributed by atoms with E-state index in [0.29, 0.717) is 52.3 Å². The molecule has 3 heterocycles. The Morgan fingerprint density at radius 1 is 1.10 bits per heavy atom. The Labute approximate surface area is 221 Å². The van der Waals surface area contributed by atoms with Gasteiger partial charge in [-0.25, -0.2) is 0 Å². The van der Waals surface area contributed by atoms with Crippen molar-refractivity contribution in [2.45, 2.75) is 25.0 Å². The molecule has 1 aromatic heterocycles. The zero-order chi connectivity index (χ0) is 27.9. The number of aliphatic hydroxyl groups excluding tert-OH is 1. The van der Waals surface area contributed by atoms with Crippen LogP contribution in [0.1, 0.15) is 22.3 Å². The second-order valence-corrected chi connectivity index (χ2v) is 9.93. The normalized spacial score (nSPS) is 19.8. The number of morpholine rings is 1. The third-order valence-corrected chi connectivity index (χ3v) is 7.29. The lowest BCUT2D eigenvalue weighted by atomic mass is 10.0. The van der Waals surface area contributed by atoms with Crippen molar-refractivity contribution in [2.24, 2.45) is 4.99 Å². The molecule has 2 aromatic carbocycles. The second-order valence-electron chi connectivity index (χ2n) is 8.92.